The first kappa shape index (κ1) is 45.9. The Bertz CT molecular complexity index is 3150. The minimum Gasteiger partial charge on any atom is -0.283 e. The number of hydrogen-bond donors (Lipinski definition) is 0. The van der Waals surface area contributed by atoms with Gasteiger partial charge in [0.05, 0.1) is 39.4 Å². The number of pyridine rings is 3. The third-order valence-corrected chi connectivity index (χ3v) is 15.5. The third kappa shape index (κ3) is 9.19. The Morgan fingerprint density at radius 1 is 0.356 bits per heavy atom. The molecule has 6 heteroatoms. The number of benzene rings is 6. The molecule has 4 aliphatic rings. The van der Waals surface area contributed by atoms with E-state index in [1.165, 1.54) is 0 Å². The van der Waals surface area contributed by atoms with Crippen molar-refractivity contribution in [1.82, 2.24) is 15.0 Å². The van der Waals surface area contributed by atoms with Gasteiger partial charge in [-0.15, -0.1) is 0 Å². The van der Waals surface area contributed by atoms with Gasteiger partial charge in [0, 0.05) is 63.4 Å². The van der Waals surface area contributed by atoms with Crippen LogP contribution in [0.5, 0.6) is 0 Å². The van der Waals surface area contributed by atoms with Crippen LogP contribution in [-0.2, 0) is 0 Å². The fraction of sp³-hybridized carbons (Fsp3) is 0.194. The van der Waals surface area contributed by atoms with Gasteiger partial charge in [0.25, 0.3) is 0 Å². The fourth-order valence-corrected chi connectivity index (χ4v) is 13.0. The molecule has 0 amide bonds. The molecule has 0 saturated heterocycles. The lowest BCUT2D eigenvalue weighted by molar-refractivity contribution is -0.0300. The van der Waals surface area contributed by atoms with E-state index in [-0.39, 0.29) is 0 Å². The van der Waals surface area contributed by atoms with Crippen LogP contribution in [-0.4, -0.2) is 48.7 Å². The van der Waals surface area contributed by atoms with E-state index in [4.69, 9.17) is 29.9 Å². The number of aliphatic imine (C=N–C) groups is 3. The summed E-state index contributed by atoms with van der Waals surface area (Å²) in [4.78, 5) is 33.5. The normalized spacial score (nSPS) is 21.6. The molecule has 0 radical (unpaired) electrons. The first-order valence-electron chi connectivity index (χ1n) is 25.8. The molecular weight excluding hydrogens is 889 g/mol. The summed E-state index contributed by atoms with van der Waals surface area (Å²) in [5.74, 6) is 0.377. The van der Waals surface area contributed by atoms with Crippen molar-refractivity contribution in [2.45, 2.75) is 75.9 Å². The van der Waals surface area contributed by atoms with Crippen molar-refractivity contribution in [2.75, 3.05) is 0 Å². The monoisotopic (exact) mass is 946 g/mol. The summed E-state index contributed by atoms with van der Waals surface area (Å²) in [7, 11) is 0. The van der Waals surface area contributed by atoms with Crippen LogP contribution in [0.25, 0.3) is 67.0 Å². The van der Waals surface area contributed by atoms with Gasteiger partial charge in [-0.2, -0.15) is 0 Å². The average Bonchev–Trinajstić information content (AvgIpc) is 3.43. The van der Waals surface area contributed by atoms with E-state index in [1.807, 2.05) is 18.6 Å². The molecule has 4 bridgehead atoms. The van der Waals surface area contributed by atoms with Crippen LogP contribution < -0.4 is 0 Å². The van der Waals surface area contributed by atoms with Crippen molar-refractivity contribution < 1.29 is 0 Å². The Labute approximate surface area is 429 Å². The number of nitrogens with zero attached hydrogens (tertiary/aromatic N) is 6. The molecule has 2 atom stereocenters. The summed E-state index contributed by atoms with van der Waals surface area (Å²) < 4.78 is 0. The highest BCUT2D eigenvalue weighted by Gasteiger charge is 2.64. The SMILES string of the molecule is C/C(=N/C12CC3CC(/N=C(/C)c4cnc(-c5ccccc5)cc4-c4ccccc4)(C1)CC(/N=C(/C)c1ncc(-c4ccccc4)cc1-c1ccccc1)(C3)C2)c1cnc(-c2ccccc2)cc1-c1ccccc1. The predicted octanol–water partition coefficient (Wildman–Crippen LogP) is 15.9. The van der Waals surface area contributed by atoms with Gasteiger partial charge in [0.2, 0.25) is 0 Å². The summed E-state index contributed by atoms with van der Waals surface area (Å²) in [5.41, 5.74) is 17.8. The van der Waals surface area contributed by atoms with Gasteiger partial charge in [-0.1, -0.05) is 182 Å². The quantitative estimate of drug-likeness (QED) is 0.115. The lowest BCUT2D eigenvalue weighted by atomic mass is 9.47. The summed E-state index contributed by atoms with van der Waals surface area (Å²) in [6.07, 6.45) is 11.6. The Balaban J connectivity index is 1.00. The van der Waals surface area contributed by atoms with Crippen LogP contribution in [0.3, 0.4) is 0 Å². The maximum atomic E-state index is 6.01. The molecule has 4 aliphatic carbocycles. The maximum Gasteiger partial charge on any atom is 0.0916 e. The van der Waals surface area contributed by atoms with E-state index in [9.17, 15) is 0 Å². The number of rotatable bonds is 12. The van der Waals surface area contributed by atoms with Crippen molar-refractivity contribution in [3.63, 3.8) is 0 Å². The van der Waals surface area contributed by atoms with E-state index in [1.54, 1.807) is 0 Å². The van der Waals surface area contributed by atoms with Gasteiger partial charge in [0.1, 0.15) is 0 Å². The van der Waals surface area contributed by atoms with Crippen LogP contribution in [0.4, 0.5) is 0 Å². The minimum absolute atomic E-state index is 0.377. The van der Waals surface area contributed by atoms with E-state index in [0.717, 1.165) is 140 Å². The van der Waals surface area contributed by atoms with Gasteiger partial charge >= 0.3 is 0 Å². The van der Waals surface area contributed by atoms with E-state index >= 15 is 0 Å². The van der Waals surface area contributed by atoms with E-state index in [2.05, 4.69) is 221 Å². The molecular formula is C67H58N6. The number of hydrogen-bond acceptors (Lipinski definition) is 6. The van der Waals surface area contributed by atoms with Crippen molar-refractivity contribution >= 4 is 17.1 Å². The zero-order chi connectivity index (χ0) is 49.4. The van der Waals surface area contributed by atoms with E-state index in [0.29, 0.717) is 5.92 Å². The summed E-state index contributed by atoms with van der Waals surface area (Å²) >= 11 is 0. The molecule has 356 valence electrons. The van der Waals surface area contributed by atoms with Crippen molar-refractivity contribution in [3.05, 3.63) is 236 Å². The lowest BCUT2D eigenvalue weighted by Gasteiger charge is -2.63. The second-order valence-electron chi connectivity index (χ2n) is 20.8. The van der Waals surface area contributed by atoms with Gasteiger partial charge in [-0.05, 0) is 117 Å². The molecule has 73 heavy (non-hydrogen) atoms. The fourth-order valence-electron chi connectivity index (χ4n) is 13.0. The predicted molar refractivity (Wildman–Crippen MR) is 301 cm³/mol. The second-order valence-corrected chi connectivity index (χ2v) is 20.8. The van der Waals surface area contributed by atoms with Crippen LogP contribution in [0, 0.1) is 5.92 Å². The summed E-state index contributed by atoms with van der Waals surface area (Å²) in [6.45, 7) is 6.57. The molecule has 3 aromatic heterocycles. The molecule has 6 aromatic carbocycles. The highest BCUT2D eigenvalue weighted by molar-refractivity contribution is 6.06. The number of aromatic nitrogens is 3. The summed E-state index contributed by atoms with van der Waals surface area (Å²) in [5, 5.41) is 0. The molecule has 4 fully saturated rings. The Morgan fingerprint density at radius 3 is 1.10 bits per heavy atom. The van der Waals surface area contributed by atoms with Crippen LogP contribution in [0.15, 0.2) is 234 Å². The highest BCUT2D eigenvalue weighted by atomic mass is 15.1. The molecule has 6 nitrogen and oxygen atoms in total. The van der Waals surface area contributed by atoms with Crippen LogP contribution >= 0.6 is 0 Å². The topological polar surface area (TPSA) is 75.8 Å². The lowest BCUT2D eigenvalue weighted by Crippen LogP contribution is -2.64. The minimum atomic E-state index is -0.417. The largest absolute Gasteiger partial charge is 0.283 e. The average molecular weight is 947 g/mol. The van der Waals surface area contributed by atoms with Gasteiger partial charge in [0.15, 0.2) is 0 Å². The van der Waals surface area contributed by atoms with Crippen LogP contribution in [0.2, 0.25) is 0 Å². The second kappa shape index (κ2) is 19.1. The molecule has 4 saturated carbocycles. The molecule has 0 aliphatic heterocycles. The summed E-state index contributed by atoms with van der Waals surface area (Å²) in [6, 6.07) is 70.3. The zero-order valence-corrected chi connectivity index (χ0v) is 41.8. The molecule has 0 spiro atoms. The first-order chi connectivity index (χ1) is 35.7. The van der Waals surface area contributed by atoms with Gasteiger partial charge < -0.3 is 0 Å². The zero-order valence-electron chi connectivity index (χ0n) is 41.8. The highest BCUT2D eigenvalue weighted by Crippen LogP contribution is 2.64. The third-order valence-electron chi connectivity index (χ3n) is 15.5. The first-order valence-corrected chi connectivity index (χ1v) is 25.8. The Hall–Kier alpha value is -8.22. The van der Waals surface area contributed by atoms with Crippen molar-refractivity contribution in [1.29, 1.82) is 0 Å². The van der Waals surface area contributed by atoms with E-state index < -0.39 is 16.6 Å². The van der Waals surface area contributed by atoms with Crippen LogP contribution in [0.1, 0.15) is 76.1 Å². The molecule has 0 N–H and O–H groups in total. The van der Waals surface area contributed by atoms with Gasteiger partial charge in [-0.3, -0.25) is 29.9 Å². The molecule has 9 aromatic rings. The molecule has 13 rings (SSSR count). The van der Waals surface area contributed by atoms with Gasteiger partial charge in [-0.25, -0.2) is 0 Å². The Morgan fingerprint density at radius 2 is 0.699 bits per heavy atom. The smallest absolute Gasteiger partial charge is 0.0916 e. The maximum absolute atomic E-state index is 6.01. The van der Waals surface area contributed by atoms with Crippen molar-refractivity contribution in [2.24, 2.45) is 20.9 Å². The molecule has 3 heterocycles. The van der Waals surface area contributed by atoms with Crippen molar-refractivity contribution in [3.8, 4) is 67.0 Å². The standard InChI is InChI=1S/C67H58N6/c1-46(60-41-68-62(54-30-18-8-19-31-54)35-57(60)51-24-12-5-13-25-51)71-65-37-49-38-66(43-65,72-47(2)61-42-69-63(55-32-20-9-21-33-55)36-58(61)52-26-14-6-15-27-52)45-67(39-49,44-65)73-48(3)64-59(53-28-16-7-17-29-53)34-56(40-70-64)50-22-10-4-11-23-50/h4-36,40-42,49H,37-39,43-45H2,1-3H3/b71-46-,72-47-,73-48-. The Kier molecular flexibility index (Phi) is 12.0. The molecule has 2 unspecified atom stereocenters.